The molecule has 3 aromatic rings. The summed E-state index contributed by atoms with van der Waals surface area (Å²) in [6.45, 7) is 9.43. The minimum atomic E-state index is -0.158. The smallest absolute Gasteiger partial charge is 0.258 e. The van der Waals surface area contributed by atoms with E-state index in [0.29, 0.717) is 29.8 Å². The van der Waals surface area contributed by atoms with Gasteiger partial charge in [0.1, 0.15) is 5.82 Å². The van der Waals surface area contributed by atoms with Crippen molar-refractivity contribution in [3.8, 4) is 0 Å². The summed E-state index contributed by atoms with van der Waals surface area (Å²) in [5, 5.41) is 3.63. The van der Waals surface area contributed by atoms with Crippen molar-refractivity contribution in [3.05, 3.63) is 75.3 Å². The highest BCUT2D eigenvalue weighted by molar-refractivity contribution is 5.78. The van der Waals surface area contributed by atoms with E-state index in [-0.39, 0.29) is 24.1 Å². The first kappa shape index (κ1) is 20.7. The number of nitrogens with one attached hydrogen (secondary N) is 2. The van der Waals surface area contributed by atoms with Gasteiger partial charge in [-0.05, 0) is 56.1 Å². The zero-order chi connectivity index (χ0) is 21.0. The normalized spacial score (nSPS) is 12.3. The van der Waals surface area contributed by atoms with Gasteiger partial charge in [0.2, 0.25) is 5.91 Å². The van der Waals surface area contributed by atoms with E-state index in [9.17, 15) is 9.59 Å². The Morgan fingerprint density at radius 3 is 2.66 bits per heavy atom. The quantitative estimate of drug-likeness (QED) is 0.647. The molecule has 0 saturated carbocycles. The lowest BCUT2D eigenvalue weighted by molar-refractivity contribution is -0.123. The molecule has 0 fully saturated rings. The van der Waals surface area contributed by atoms with Gasteiger partial charge in [-0.2, -0.15) is 0 Å². The van der Waals surface area contributed by atoms with E-state index in [1.165, 1.54) is 11.1 Å². The van der Waals surface area contributed by atoms with Crippen LogP contribution in [0, 0.1) is 13.8 Å². The van der Waals surface area contributed by atoms with Gasteiger partial charge >= 0.3 is 0 Å². The van der Waals surface area contributed by atoms with Crippen molar-refractivity contribution in [1.29, 1.82) is 0 Å². The fourth-order valence-electron chi connectivity index (χ4n) is 3.31. The lowest BCUT2D eigenvalue weighted by Gasteiger charge is -2.21. The molecule has 6 nitrogen and oxygen atoms in total. The van der Waals surface area contributed by atoms with Crippen LogP contribution in [0.5, 0.6) is 0 Å². The lowest BCUT2D eigenvalue weighted by Crippen LogP contribution is -2.38. The molecule has 0 radical (unpaired) electrons. The number of likely N-dealkylation sites (N-methyl/N-ethyl adjacent to an activating group) is 1. The fraction of sp³-hybridized carbons (Fsp3) is 0.348. The SMILES string of the molecule is CCN(CC(=O)N[C@H](C)c1ccc(C)c(C)c1)Cc1nc2ccccc2c(=O)[nH]1. The first-order valence-corrected chi connectivity index (χ1v) is 9.94. The molecular weight excluding hydrogens is 364 g/mol. The van der Waals surface area contributed by atoms with Crippen molar-refractivity contribution in [3.63, 3.8) is 0 Å². The molecule has 0 spiro atoms. The molecule has 152 valence electrons. The van der Waals surface area contributed by atoms with Crippen molar-refractivity contribution in [2.75, 3.05) is 13.1 Å². The molecule has 3 rings (SSSR count). The number of carbonyl (C=O) groups is 1. The summed E-state index contributed by atoms with van der Waals surface area (Å²) in [4.78, 5) is 34.1. The minimum Gasteiger partial charge on any atom is -0.348 e. The predicted molar refractivity (Wildman–Crippen MR) is 116 cm³/mol. The van der Waals surface area contributed by atoms with Crippen LogP contribution in [-0.2, 0) is 11.3 Å². The van der Waals surface area contributed by atoms with Gasteiger partial charge in [0, 0.05) is 0 Å². The van der Waals surface area contributed by atoms with Gasteiger partial charge in [0.05, 0.1) is 30.0 Å². The second-order valence-electron chi connectivity index (χ2n) is 7.47. The molecule has 1 heterocycles. The second kappa shape index (κ2) is 9.01. The van der Waals surface area contributed by atoms with Gasteiger partial charge in [-0.1, -0.05) is 37.3 Å². The van der Waals surface area contributed by atoms with Crippen LogP contribution < -0.4 is 10.9 Å². The molecule has 1 aromatic heterocycles. The van der Waals surface area contributed by atoms with E-state index in [4.69, 9.17) is 0 Å². The van der Waals surface area contributed by atoms with E-state index < -0.39 is 0 Å². The third-order valence-corrected chi connectivity index (χ3v) is 5.26. The van der Waals surface area contributed by atoms with Crippen molar-refractivity contribution >= 4 is 16.8 Å². The minimum absolute atomic E-state index is 0.0549. The van der Waals surface area contributed by atoms with Gasteiger partial charge in [-0.15, -0.1) is 0 Å². The summed E-state index contributed by atoms with van der Waals surface area (Å²) in [5.41, 5.74) is 4.04. The number of benzene rings is 2. The Bertz CT molecular complexity index is 1070. The Balaban J connectivity index is 1.65. The lowest BCUT2D eigenvalue weighted by atomic mass is 10.0. The highest BCUT2D eigenvalue weighted by atomic mass is 16.2. The maximum atomic E-state index is 12.6. The van der Waals surface area contributed by atoms with Crippen molar-refractivity contribution in [2.45, 2.75) is 40.3 Å². The van der Waals surface area contributed by atoms with Gasteiger partial charge in [-0.25, -0.2) is 4.98 Å². The molecule has 29 heavy (non-hydrogen) atoms. The van der Waals surface area contributed by atoms with E-state index in [0.717, 1.165) is 5.56 Å². The Morgan fingerprint density at radius 2 is 1.93 bits per heavy atom. The van der Waals surface area contributed by atoms with Gasteiger partial charge in [0.25, 0.3) is 5.56 Å². The average Bonchev–Trinajstić information content (AvgIpc) is 2.69. The first-order chi connectivity index (χ1) is 13.9. The molecule has 0 unspecified atom stereocenters. The predicted octanol–water partition coefficient (Wildman–Crippen LogP) is 3.24. The molecule has 0 saturated heterocycles. The molecular formula is C23H28N4O2. The summed E-state index contributed by atoms with van der Waals surface area (Å²) >= 11 is 0. The van der Waals surface area contributed by atoms with E-state index in [1.807, 2.05) is 36.9 Å². The maximum absolute atomic E-state index is 12.6. The summed E-state index contributed by atoms with van der Waals surface area (Å²) < 4.78 is 0. The van der Waals surface area contributed by atoms with Crippen LogP contribution >= 0.6 is 0 Å². The molecule has 6 heteroatoms. The number of carbonyl (C=O) groups excluding carboxylic acids is 1. The topological polar surface area (TPSA) is 78.1 Å². The summed E-state index contributed by atoms with van der Waals surface area (Å²) in [6, 6.07) is 13.4. The van der Waals surface area contributed by atoms with Crippen LogP contribution in [0.3, 0.4) is 0 Å². The molecule has 2 aromatic carbocycles. The Hall–Kier alpha value is -2.99. The van der Waals surface area contributed by atoms with Crippen LogP contribution in [-0.4, -0.2) is 33.9 Å². The fourth-order valence-corrected chi connectivity index (χ4v) is 3.31. The van der Waals surface area contributed by atoms with E-state index in [1.54, 1.807) is 6.07 Å². The first-order valence-electron chi connectivity index (χ1n) is 9.94. The van der Waals surface area contributed by atoms with E-state index in [2.05, 4.69) is 47.3 Å². The zero-order valence-electron chi connectivity index (χ0n) is 17.5. The largest absolute Gasteiger partial charge is 0.348 e. The van der Waals surface area contributed by atoms with Crippen molar-refractivity contribution in [1.82, 2.24) is 20.2 Å². The number of aromatic nitrogens is 2. The van der Waals surface area contributed by atoms with Crippen LogP contribution in [0.1, 0.15) is 42.4 Å². The zero-order valence-corrected chi connectivity index (χ0v) is 17.5. The average molecular weight is 393 g/mol. The number of para-hydroxylation sites is 1. The highest BCUT2D eigenvalue weighted by Gasteiger charge is 2.15. The number of rotatable bonds is 7. The number of hydrogen-bond acceptors (Lipinski definition) is 4. The summed E-state index contributed by atoms with van der Waals surface area (Å²) in [6.07, 6.45) is 0. The standard InChI is InChI=1S/C23H28N4O2/c1-5-27(13-21-25-20-9-7-6-8-19(20)23(29)26-21)14-22(28)24-17(4)18-11-10-15(2)16(3)12-18/h6-12,17H,5,13-14H2,1-4H3,(H,24,28)(H,25,26,29)/t17-/m1/s1. The molecule has 1 atom stereocenters. The van der Waals surface area contributed by atoms with Crippen LogP contribution in [0.25, 0.3) is 10.9 Å². The van der Waals surface area contributed by atoms with Gasteiger partial charge in [-0.3, -0.25) is 14.5 Å². The monoisotopic (exact) mass is 392 g/mol. The summed E-state index contributed by atoms with van der Waals surface area (Å²) in [7, 11) is 0. The van der Waals surface area contributed by atoms with Gasteiger partial charge < -0.3 is 10.3 Å². The highest BCUT2D eigenvalue weighted by Crippen LogP contribution is 2.16. The number of H-pyrrole nitrogens is 1. The number of aryl methyl sites for hydroxylation is 2. The van der Waals surface area contributed by atoms with E-state index >= 15 is 0 Å². The molecule has 2 N–H and O–H groups in total. The summed E-state index contributed by atoms with van der Waals surface area (Å²) in [5.74, 6) is 0.506. The molecule has 0 aliphatic heterocycles. The third kappa shape index (κ3) is 5.09. The van der Waals surface area contributed by atoms with Crippen LogP contribution in [0.4, 0.5) is 0 Å². The molecule has 0 aliphatic carbocycles. The number of fused-ring (bicyclic) bond motifs is 1. The second-order valence-corrected chi connectivity index (χ2v) is 7.47. The van der Waals surface area contributed by atoms with Crippen LogP contribution in [0.2, 0.25) is 0 Å². The molecule has 1 amide bonds. The number of amides is 1. The Morgan fingerprint density at radius 1 is 1.17 bits per heavy atom. The maximum Gasteiger partial charge on any atom is 0.258 e. The Labute approximate surface area is 171 Å². The molecule has 0 aliphatic rings. The number of aromatic amines is 1. The molecule has 0 bridgehead atoms. The number of nitrogens with zero attached hydrogens (tertiary/aromatic N) is 2. The van der Waals surface area contributed by atoms with Crippen LogP contribution in [0.15, 0.2) is 47.3 Å². The van der Waals surface area contributed by atoms with Crippen molar-refractivity contribution < 1.29 is 4.79 Å². The third-order valence-electron chi connectivity index (χ3n) is 5.26. The number of hydrogen-bond donors (Lipinski definition) is 2. The van der Waals surface area contributed by atoms with Crippen molar-refractivity contribution in [2.24, 2.45) is 0 Å². The Kier molecular flexibility index (Phi) is 6.44. The van der Waals surface area contributed by atoms with Gasteiger partial charge in [0.15, 0.2) is 0 Å².